The van der Waals surface area contributed by atoms with Gasteiger partial charge in [0.2, 0.25) is 11.7 Å². The van der Waals surface area contributed by atoms with Crippen LogP contribution >= 0.6 is 22.9 Å². The summed E-state index contributed by atoms with van der Waals surface area (Å²) < 4.78 is 5.25. The molecule has 3 aromatic rings. The van der Waals surface area contributed by atoms with Gasteiger partial charge in [-0.05, 0) is 35.7 Å². The van der Waals surface area contributed by atoms with E-state index in [1.165, 1.54) is 4.88 Å². The van der Waals surface area contributed by atoms with E-state index >= 15 is 0 Å². The van der Waals surface area contributed by atoms with Crippen LogP contribution in [0, 0.1) is 0 Å². The summed E-state index contributed by atoms with van der Waals surface area (Å²) in [6.07, 6.45) is 1.47. The minimum absolute atomic E-state index is 0.425. The van der Waals surface area contributed by atoms with Crippen molar-refractivity contribution in [2.24, 2.45) is 10.7 Å². The first kappa shape index (κ1) is 17.4. The maximum absolute atomic E-state index is 5.87. The Hall–Kier alpha value is -2.38. The summed E-state index contributed by atoms with van der Waals surface area (Å²) >= 11 is 7.60. The number of hydrogen-bond donors (Lipinski definition) is 2. The van der Waals surface area contributed by atoms with E-state index in [9.17, 15) is 0 Å². The number of aliphatic imine (C=N–C) groups is 1. The van der Waals surface area contributed by atoms with Crippen LogP contribution in [0.5, 0.6) is 0 Å². The lowest BCUT2D eigenvalue weighted by atomic mass is 10.2. The van der Waals surface area contributed by atoms with Crippen LogP contribution in [0.2, 0.25) is 5.02 Å². The Morgan fingerprint density at radius 2 is 2.08 bits per heavy atom. The zero-order valence-corrected chi connectivity index (χ0v) is 15.1. The number of nitrogens with one attached hydrogen (secondary N) is 1. The Kier molecular flexibility index (Phi) is 6.03. The lowest BCUT2D eigenvalue weighted by molar-refractivity contribution is 0.379. The molecular weight excluding hydrogens is 358 g/mol. The molecule has 25 heavy (non-hydrogen) atoms. The highest BCUT2D eigenvalue weighted by Gasteiger charge is 2.08. The van der Waals surface area contributed by atoms with Gasteiger partial charge in [0, 0.05) is 41.4 Å². The van der Waals surface area contributed by atoms with E-state index in [1.54, 1.807) is 23.5 Å². The molecule has 2 aromatic heterocycles. The van der Waals surface area contributed by atoms with Crippen molar-refractivity contribution in [1.29, 1.82) is 0 Å². The standard InChI is InChI=1S/C17H18ClN5OS/c18-13-5-3-12(4-6-13)16-22-15(24-23-16)8-10-21-17(19)20-9-7-14-2-1-11-25-14/h1-6,11H,7-10H2,(H3,19,20,21). The lowest BCUT2D eigenvalue weighted by Crippen LogP contribution is -2.33. The van der Waals surface area contributed by atoms with Crippen LogP contribution in [0.15, 0.2) is 51.3 Å². The first-order valence-electron chi connectivity index (χ1n) is 7.85. The van der Waals surface area contributed by atoms with Crippen molar-refractivity contribution in [2.75, 3.05) is 13.1 Å². The van der Waals surface area contributed by atoms with Crippen LogP contribution in [0.25, 0.3) is 11.4 Å². The predicted molar refractivity (Wildman–Crippen MR) is 101 cm³/mol. The van der Waals surface area contributed by atoms with Crippen molar-refractivity contribution in [1.82, 2.24) is 15.5 Å². The molecule has 0 aliphatic rings. The minimum Gasteiger partial charge on any atom is -0.370 e. The van der Waals surface area contributed by atoms with Crippen LogP contribution in [0.1, 0.15) is 10.8 Å². The molecule has 3 N–H and O–H groups in total. The van der Waals surface area contributed by atoms with E-state index in [4.69, 9.17) is 21.9 Å². The fraction of sp³-hybridized carbons (Fsp3) is 0.235. The third kappa shape index (κ3) is 5.30. The lowest BCUT2D eigenvalue weighted by Gasteiger charge is -2.03. The Morgan fingerprint density at radius 1 is 1.24 bits per heavy atom. The molecule has 6 nitrogen and oxygen atoms in total. The van der Waals surface area contributed by atoms with Gasteiger partial charge in [0.15, 0.2) is 5.96 Å². The second-order valence-electron chi connectivity index (χ2n) is 5.29. The van der Waals surface area contributed by atoms with Gasteiger partial charge in [-0.15, -0.1) is 11.3 Å². The van der Waals surface area contributed by atoms with Crippen LogP contribution in [-0.4, -0.2) is 29.2 Å². The van der Waals surface area contributed by atoms with Gasteiger partial charge in [0.1, 0.15) is 0 Å². The third-order valence-corrected chi connectivity index (χ3v) is 4.62. The van der Waals surface area contributed by atoms with Gasteiger partial charge in [-0.3, -0.25) is 4.99 Å². The normalized spacial score (nSPS) is 11.6. The number of nitrogens with two attached hydrogens (primary N) is 1. The van der Waals surface area contributed by atoms with Crippen LogP contribution in [0.4, 0.5) is 0 Å². The molecular formula is C17H18ClN5OS. The smallest absolute Gasteiger partial charge is 0.228 e. The fourth-order valence-electron chi connectivity index (χ4n) is 2.17. The minimum atomic E-state index is 0.425. The molecule has 8 heteroatoms. The molecule has 0 spiro atoms. The van der Waals surface area contributed by atoms with E-state index in [2.05, 4.69) is 31.9 Å². The first-order valence-corrected chi connectivity index (χ1v) is 9.11. The second-order valence-corrected chi connectivity index (χ2v) is 6.76. The van der Waals surface area contributed by atoms with E-state index in [0.717, 1.165) is 12.0 Å². The van der Waals surface area contributed by atoms with Crippen LogP contribution in [0.3, 0.4) is 0 Å². The van der Waals surface area contributed by atoms with Crippen molar-refractivity contribution in [3.63, 3.8) is 0 Å². The number of nitrogens with zero attached hydrogens (tertiary/aromatic N) is 3. The van der Waals surface area contributed by atoms with Gasteiger partial charge in [-0.1, -0.05) is 22.8 Å². The molecule has 0 saturated carbocycles. The largest absolute Gasteiger partial charge is 0.370 e. The topological polar surface area (TPSA) is 89.3 Å². The SMILES string of the molecule is NC(=NCCc1cccs1)NCCc1nc(-c2ccc(Cl)cc2)no1. The summed E-state index contributed by atoms with van der Waals surface area (Å²) in [7, 11) is 0. The second kappa shape index (κ2) is 8.64. The Morgan fingerprint density at radius 3 is 2.84 bits per heavy atom. The van der Waals surface area contributed by atoms with E-state index in [-0.39, 0.29) is 0 Å². The fourth-order valence-corrected chi connectivity index (χ4v) is 2.99. The van der Waals surface area contributed by atoms with Crippen molar-refractivity contribution < 1.29 is 4.52 Å². The number of benzene rings is 1. The Bertz CT molecular complexity index is 814. The molecule has 3 rings (SSSR count). The summed E-state index contributed by atoms with van der Waals surface area (Å²) in [6, 6.07) is 11.4. The number of halogens is 1. The average Bonchev–Trinajstić information content (AvgIpc) is 3.28. The van der Waals surface area contributed by atoms with Crippen molar-refractivity contribution in [3.05, 3.63) is 57.6 Å². The zero-order valence-electron chi connectivity index (χ0n) is 13.5. The van der Waals surface area contributed by atoms with Crippen molar-refractivity contribution >= 4 is 28.9 Å². The summed E-state index contributed by atoms with van der Waals surface area (Å²) in [5.41, 5.74) is 6.71. The van der Waals surface area contributed by atoms with E-state index < -0.39 is 0 Å². The molecule has 130 valence electrons. The summed E-state index contributed by atoms with van der Waals surface area (Å²) in [4.78, 5) is 9.97. The van der Waals surface area contributed by atoms with Gasteiger partial charge in [-0.2, -0.15) is 4.98 Å². The molecule has 0 aliphatic heterocycles. The number of aromatic nitrogens is 2. The number of guanidine groups is 1. The highest BCUT2D eigenvalue weighted by molar-refractivity contribution is 7.09. The Labute approximate surface area is 154 Å². The van der Waals surface area contributed by atoms with Gasteiger partial charge >= 0.3 is 0 Å². The quantitative estimate of drug-likeness (QED) is 0.489. The third-order valence-electron chi connectivity index (χ3n) is 3.44. The summed E-state index contributed by atoms with van der Waals surface area (Å²) in [5.74, 6) is 1.52. The van der Waals surface area contributed by atoms with Crippen LogP contribution in [-0.2, 0) is 12.8 Å². The van der Waals surface area contributed by atoms with E-state index in [1.807, 2.05) is 18.2 Å². The number of thiophene rings is 1. The van der Waals surface area contributed by atoms with Crippen molar-refractivity contribution in [2.45, 2.75) is 12.8 Å². The van der Waals surface area contributed by atoms with Gasteiger partial charge in [0.25, 0.3) is 0 Å². The van der Waals surface area contributed by atoms with Gasteiger partial charge < -0.3 is 15.6 Å². The highest BCUT2D eigenvalue weighted by Crippen LogP contribution is 2.18. The molecule has 0 amide bonds. The zero-order chi connectivity index (χ0) is 17.5. The Balaban J connectivity index is 1.43. The predicted octanol–water partition coefficient (Wildman–Crippen LogP) is 3.14. The van der Waals surface area contributed by atoms with E-state index in [0.29, 0.717) is 42.2 Å². The summed E-state index contributed by atoms with van der Waals surface area (Å²) in [6.45, 7) is 1.25. The molecule has 0 aliphatic carbocycles. The van der Waals surface area contributed by atoms with Crippen molar-refractivity contribution in [3.8, 4) is 11.4 Å². The monoisotopic (exact) mass is 375 g/mol. The highest BCUT2D eigenvalue weighted by atomic mass is 35.5. The molecule has 0 unspecified atom stereocenters. The number of hydrogen-bond acceptors (Lipinski definition) is 5. The number of rotatable bonds is 7. The molecule has 0 radical (unpaired) electrons. The van der Waals surface area contributed by atoms with Gasteiger partial charge in [0.05, 0.1) is 0 Å². The summed E-state index contributed by atoms with van der Waals surface area (Å²) in [5, 5.41) is 9.76. The molecule has 1 aromatic carbocycles. The maximum Gasteiger partial charge on any atom is 0.228 e. The molecule has 2 heterocycles. The van der Waals surface area contributed by atoms with Crippen LogP contribution < -0.4 is 11.1 Å². The van der Waals surface area contributed by atoms with Gasteiger partial charge in [-0.25, -0.2) is 0 Å². The first-order chi connectivity index (χ1) is 12.2. The maximum atomic E-state index is 5.87. The molecule has 0 bridgehead atoms. The average molecular weight is 376 g/mol. The molecule has 0 fully saturated rings. The molecule has 0 atom stereocenters. The molecule has 0 saturated heterocycles.